The van der Waals surface area contributed by atoms with Gasteiger partial charge in [0.2, 0.25) is 0 Å². The molecule has 0 atom stereocenters. The fraction of sp³-hybridized carbons (Fsp3) is 0.263. The molecule has 0 aliphatic carbocycles. The molecular weight excluding hydrogens is 409 g/mol. The third-order valence-corrected chi connectivity index (χ3v) is 6.37. The fourth-order valence-electron chi connectivity index (χ4n) is 3.68. The number of benzene rings is 1. The number of amides is 1. The molecule has 1 aromatic carbocycles. The predicted molar refractivity (Wildman–Crippen MR) is 109 cm³/mol. The maximum absolute atomic E-state index is 14.4. The van der Waals surface area contributed by atoms with Gasteiger partial charge in [0.15, 0.2) is 5.82 Å². The van der Waals surface area contributed by atoms with Gasteiger partial charge in [0.25, 0.3) is 11.5 Å². The largest absolute Gasteiger partial charge is 0.319 e. The van der Waals surface area contributed by atoms with Gasteiger partial charge in [-0.15, -0.1) is 16.4 Å². The summed E-state index contributed by atoms with van der Waals surface area (Å²) in [5.41, 5.74) is 0.942. The van der Waals surface area contributed by atoms with Crippen LogP contribution in [0, 0.1) is 19.7 Å². The fourth-order valence-corrected chi connectivity index (χ4v) is 4.77. The highest BCUT2D eigenvalue weighted by atomic mass is 32.1. The van der Waals surface area contributed by atoms with Gasteiger partial charge in [0.1, 0.15) is 16.5 Å². The van der Waals surface area contributed by atoms with Crippen LogP contribution >= 0.6 is 11.3 Å². The minimum Gasteiger partial charge on any atom is -0.319 e. The summed E-state index contributed by atoms with van der Waals surface area (Å²) in [6, 6.07) is 4.22. The molecule has 1 amide bonds. The van der Waals surface area contributed by atoms with Crippen molar-refractivity contribution >= 4 is 33.1 Å². The van der Waals surface area contributed by atoms with Gasteiger partial charge in [-0.25, -0.2) is 9.37 Å². The normalized spacial score (nSPS) is 13.0. The molecule has 0 radical (unpaired) electrons. The number of anilines is 1. The van der Waals surface area contributed by atoms with Crippen molar-refractivity contribution in [2.45, 2.75) is 33.2 Å². The number of rotatable bonds is 3. The monoisotopic (exact) mass is 425 g/mol. The summed E-state index contributed by atoms with van der Waals surface area (Å²) in [5, 5.41) is 14.3. The van der Waals surface area contributed by atoms with Crippen molar-refractivity contribution in [3.8, 4) is 5.69 Å². The second-order valence-electron chi connectivity index (χ2n) is 7.08. The smallest absolute Gasteiger partial charge is 0.266 e. The number of tetrazole rings is 1. The molecule has 1 N–H and O–H groups in total. The van der Waals surface area contributed by atoms with Crippen LogP contribution in [0.3, 0.4) is 0 Å². The lowest BCUT2D eigenvalue weighted by molar-refractivity contribution is 0.102. The highest BCUT2D eigenvalue weighted by Crippen LogP contribution is 2.30. The highest BCUT2D eigenvalue weighted by molar-refractivity contribution is 7.20. The van der Waals surface area contributed by atoms with E-state index in [4.69, 9.17) is 0 Å². The summed E-state index contributed by atoms with van der Waals surface area (Å²) < 4.78 is 17.5. The zero-order valence-corrected chi connectivity index (χ0v) is 17.0. The van der Waals surface area contributed by atoms with Crippen LogP contribution in [0.1, 0.15) is 33.3 Å². The summed E-state index contributed by atoms with van der Waals surface area (Å²) in [7, 11) is 0. The molecule has 5 rings (SSSR count). The Labute approximate surface area is 173 Å². The Morgan fingerprint density at radius 2 is 2.13 bits per heavy atom. The highest BCUT2D eigenvalue weighted by Gasteiger charge is 2.24. The molecule has 0 spiro atoms. The first kappa shape index (κ1) is 18.6. The molecule has 4 heterocycles. The zero-order valence-electron chi connectivity index (χ0n) is 16.1. The molecule has 152 valence electrons. The molecule has 11 heteroatoms. The maximum Gasteiger partial charge on any atom is 0.266 e. The number of carbonyl (C=O) groups is 1. The number of hydrogen-bond donors (Lipinski definition) is 1. The lowest BCUT2D eigenvalue weighted by atomic mass is 10.2. The Balaban J connectivity index is 1.53. The van der Waals surface area contributed by atoms with E-state index in [0.717, 1.165) is 30.0 Å². The average molecular weight is 425 g/mol. The first-order valence-electron chi connectivity index (χ1n) is 9.33. The van der Waals surface area contributed by atoms with Crippen LogP contribution in [-0.2, 0) is 13.0 Å². The van der Waals surface area contributed by atoms with E-state index in [9.17, 15) is 14.0 Å². The van der Waals surface area contributed by atoms with Gasteiger partial charge in [-0.05, 0) is 54.5 Å². The first-order valence-corrected chi connectivity index (χ1v) is 10.1. The van der Waals surface area contributed by atoms with E-state index < -0.39 is 11.7 Å². The molecule has 30 heavy (non-hydrogen) atoms. The number of hydrogen-bond acceptors (Lipinski definition) is 7. The number of fused-ring (bicyclic) bond motifs is 2. The van der Waals surface area contributed by atoms with Crippen LogP contribution in [0.4, 0.5) is 10.1 Å². The van der Waals surface area contributed by atoms with Crippen molar-refractivity contribution in [2.75, 3.05) is 5.32 Å². The molecule has 0 unspecified atom stereocenters. The van der Waals surface area contributed by atoms with E-state index in [1.54, 1.807) is 18.4 Å². The quantitative estimate of drug-likeness (QED) is 0.540. The number of carbonyl (C=O) groups excluding carboxylic acids is 1. The topological polar surface area (TPSA) is 108 Å². The van der Waals surface area contributed by atoms with Gasteiger partial charge in [0, 0.05) is 13.0 Å². The number of nitrogens with zero attached hydrogens (tertiary/aromatic N) is 6. The van der Waals surface area contributed by atoms with Crippen molar-refractivity contribution in [3.05, 3.63) is 56.5 Å². The summed E-state index contributed by atoms with van der Waals surface area (Å²) in [4.78, 5) is 31.2. The first-order chi connectivity index (χ1) is 14.4. The number of aromatic nitrogens is 6. The molecule has 0 saturated carbocycles. The van der Waals surface area contributed by atoms with Crippen molar-refractivity contribution in [2.24, 2.45) is 0 Å². The van der Waals surface area contributed by atoms with Gasteiger partial charge < -0.3 is 5.32 Å². The van der Waals surface area contributed by atoms with Gasteiger partial charge in [-0.2, -0.15) is 4.68 Å². The zero-order chi connectivity index (χ0) is 21.0. The predicted octanol–water partition coefficient (Wildman–Crippen LogP) is 2.39. The molecule has 1 aliphatic rings. The molecule has 4 aromatic rings. The minimum atomic E-state index is -0.589. The van der Waals surface area contributed by atoms with Crippen LogP contribution < -0.4 is 10.9 Å². The average Bonchev–Trinajstić information content (AvgIpc) is 3.43. The maximum atomic E-state index is 14.4. The SMILES string of the molecule is Cc1c(C(=O)Nc2cc(-n3nnnc3C)ccc2F)sc2nc3n(c(=O)c12)CCC3. The van der Waals surface area contributed by atoms with Crippen molar-refractivity contribution in [3.63, 3.8) is 0 Å². The van der Waals surface area contributed by atoms with Crippen LogP contribution in [0.5, 0.6) is 0 Å². The Kier molecular flexibility index (Phi) is 4.21. The molecule has 0 fully saturated rings. The summed E-state index contributed by atoms with van der Waals surface area (Å²) >= 11 is 1.15. The van der Waals surface area contributed by atoms with E-state index in [1.165, 1.54) is 22.9 Å². The second kappa shape index (κ2) is 6.80. The second-order valence-corrected chi connectivity index (χ2v) is 8.08. The Bertz CT molecular complexity index is 1390. The van der Waals surface area contributed by atoms with E-state index in [1.807, 2.05) is 0 Å². The van der Waals surface area contributed by atoms with Gasteiger partial charge >= 0.3 is 0 Å². The van der Waals surface area contributed by atoms with Crippen LogP contribution in [0.2, 0.25) is 0 Å². The Morgan fingerprint density at radius 3 is 2.90 bits per heavy atom. The summed E-state index contributed by atoms with van der Waals surface area (Å²) in [6.07, 6.45) is 1.64. The van der Waals surface area contributed by atoms with Crippen LogP contribution in [0.25, 0.3) is 15.9 Å². The molecule has 1 aliphatic heterocycles. The summed E-state index contributed by atoms with van der Waals surface area (Å²) in [6.45, 7) is 4.07. The minimum absolute atomic E-state index is 0.00330. The number of aryl methyl sites for hydroxylation is 3. The third kappa shape index (κ3) is 2.81. The Hall–Kier alpha value is -3.47. The van der Waals surface area contributed by atoms with E-state index in [-0.39, 0.29) is 11.2 Å². The third-order valence-electron chi connectivity index (χ3n) is 5.19. The lowest BCUT2D eigenvalue weighted by Crippen LogP contribution is -2.21. The number of nitrogens with one attached hydrogen (secondary N) is 1. The number of thiophene rings is 1. The molecule has 9 nitrogen and oxygen atoms in total. The standard InChI is InChI=1S/C19H16FN7O2S/c1-9-15-18(22-14-4-3-7-26(14)19(15)29)30-16(9)17(28)21-13-8-11(5-6-12(13)20)27-10(2)23-24-25-27/h5-6,8H,3-4,7H2,1-2H3,(H,21,28). The van der Waals surface area contributed by atoms with E-state index >= 15 is 0 Å². The van der Waals surface area contributed by atoms with E-state index in [0.29, 0.717) is 38.7 Å². The van der Waals surface area contributed by atoms with Gasteiger partial charge in [-0.3, -0.25) is 14.2 Å². The van der Waals surface area contributed by atoms with E-state index in [2.05, 4.69) is 25.8 Å². The van der Waals surface area contributed by atoms with Crippen LogP contribution in [-0.4, -0.2) is 35.7 Å². The Morgan fingerprint density at radius 1 is 1.30 bits per heavy atom. The van der Waals surface area contributed by atoms with Gasteiger partial charge in [-0.1, -0.05) is 0 Å². The van der Waals surface area contributed by atoms with Crippen molar-refractivity contribution < 1.29 is 9.18 Å². The van der Waals surface area contributed by atoms with Gasteiger partial charge in [0.05, 0.1) is 21.6 Å². The lowest BCUT2D eigenvalue weighted by Gasteiger charge is -2.09. The summed E-state index contributed by atoms with van der Waals surface area (Å²) in [5.74, 6) is 0.188. The van der Waals surface area contributed by atoms with Crippen LogP contribution in [0.15, 0.2) is 23.0 Å². The molecule has 3 aromatic heterocycles. The molecule has 0 bridgehead atoms. The molecule has 0 saturated heterocycles. The molecular formula is C19H16FN7O2S. The van der Waals surface area contributed by atoms with Crippen molar-refractivity contribution in [1.29, 1.82) is 0 Å². The van der Waals surface area contributed by atoms with Crippen molar-refractivity contribution in [1.82, 2.24) is 29.8 Å². The number of halogens is 1.